The molecule has 2 aliphatic rings. The Kier molecular flexibility index (Phi) is 5.61. The molecule has 0 aliphatic carbocycles. The fourth-order valence-corrected chi connectivity index (χ4v) is 3.46. The van der Waals surface area contributed by atoms with Crippen molar-refractivity contribution in [3.8, 4) is 0 Å². The van der Waals surface area contributed by atoms with E-state index in [9.17, 15) is 9.59 Å². The van der Waals surface area contributed by atoms with Crippen molar-refractivity contribution in [2.45, 2.75) is 32.0 Å². The number of halogens is 1. The Balaban J connectivity index is 1.53. The van der Waals surface area contributed by atoms with Crippen molar-refractivity contribution >= 4 is 29.1 Å². The van der Waals surface area contributed by atoms with Gasteiger partial charge in [-0.25, -0.2) is 0 Å². The van der Waals surface area contributed by atoms with Crippen LogP contribution in [0.3, 0.4) is 0 Å². The Labute approximate surface area is 152 Å². The lowest BCUT2D eigenvalue weighted by molar-refractivity contribution is -0.187. The summed E-state index contributed by atoms with van der Waals surface area (Å²) in [5, 5.41) is 0.613. The summed E-state index contributed by atoms with van der Waals surface area (Å²) in [6.07, 6.45) is 1.69. The third-order valence-electron chi connectivity index (χ3n) is 4.76. The number of nitrogens with zero attached hydrogens (tertiary/aromatic N) is 2. The van der Waals surface area contributed by atoms with Crippen LogP contribution in [0, 0.1) is 0 Å². The number of amides is 2. The van der Waals surface area contributed by atoms with E-state index in [0.29, 0.717) is 50.7 Å². The van der Waals surface area contributed by atoms with Gasteiger partial charge in [-0.3, -0.25) is 9.59 Å². The summed E-state index contributed by atoms with van der Waals surface area (Å²) in [5.41, 5.74) is 0.745. The summed E-state index contributed by atoms with van der Waals surface area (Å²) in [4.78, 5) is 27.9. The number of likely N-dealkylation sites (tertiary alicyclic amines) is 1. The zero-order valence-electron chi connectivity index (χ0n) is 14.4. The first-order chi connectivity index (χ1) is 12.0. The average Bonchev–Trinajstić information content (AvgIpc) is 3.05. The molecule has 0 saturated carbocycles. The van der Waals surface area contributed by atoms with Gasteiger partial charge in [0.15, 0.2) is 5.79 Å². The molecule has 2 heterocycles. The molecule has 7 heteroatoms. The first kappa shape index (κ1) is 18.2. The van der Waals surface area contributed by atoms with Crippen LogP contribution >= 0.6 is 11.6 Å². The van der Waals surface area contributed by atoms with E-state index in [2.05, 4.69) is 0 Å². The second-order valence-electron chi connectivity index (χ2n) is 6.39. The van der Waals surface area contributed by atoms with Gasteiger partial charge in [0.25, 0.3) is 0 Å². The average molecular weight is 367 g/mol. The molecular formula is C18H23ClN2O4. The van der Waals surface area contributed by atoms with E-state index in [4.69, 9.17) is 21.1 Å². The number of carbonyl (C=O) groups is 2. The third-order valence-corrected chi connectivity index (χ3v) is 5.01. The van der Waals surface area contributed by atoms with E-state index in [-0.39, 0.29) is 18.2 Å². The normalized spacial score (nSPS) is 19.2. The minimum absolute atomic E-state index is 0.0491. The largest absolute Gasteiger partial charge is 0.347 e. The van der Waals surface area contributed by atoms with Gasteiger partial charge in [-0.15, -0.1) is 0 Å². The van der Waals surface area contributed by atoms with Gasteiger partial charge in [0.1, 0.15) is 0 Å². The number of anilines is 1. The van der Waals surface area contributed by atoms with Crippen LogP contribution in [0.4, 0.5) is 5.69 Å². The fourth-order valence-electron chi connectivity index (χ4n) is 3.34. The van der Waals surface area contributed by atoms with Crippen molar-refractivity contribution in [3.05, 3.63) is 29.3 Å². The Morgan fingerprint density at radius 1 is 1.16 bits per heavy atom. The fraction of sp³-hybridized carbons (Fsp3) is 0.556. The lowest BCUT2D eigenvalue weighted by Gasteiger charge is -2.37. The van der Waals surface area contributed by atoms with Crippen molar-refractivity contribution in [1.29, 1.82) is 0 Å². The van der Waals surface area contributed by atoms with Gasteiger partial charge in [0.2, 0.25) is 11.8 Å². The van der Waals surface area contributed by atoms with Crippen molar-refractivity contribution in [1.82, 2.24) is 4.90 Å². The van der Waals surface area contributed by atoms with Crippen LogP contribution in [0.2, 0.25) is 5.02 Å². The summed E-state index contributed by atoms with van der Waals surface area (Å²) >= 11 is 5.89. The van der Waals surface area contributed by atoms with Crippen molar-refractivity contribution < 1.29 is 19.1 Å². The van der Waals surface area contributed by atoms with Crippen LogP contribution in [0.25, 0.3) is 0 Å². The molecule has 1 aromatic rings. The number of ether oxygens (including phenoxy) is 2. The van der Waals surface area contributed by atoms with Crippen LogP contribution in [0.1, 0.15) is 26.2 Å². The molecule has 2 fully saturated rings. The van der Waals surface area contributed by atoms with Crippen LogP contribution in [-0.2, 0) is 19.1 Å². The van der Waals surface area contributed by atoms with Gasteiger partial charge in [0.05, 0.1) is 13.2 Å². The molecule has 0 bridgehead atoms. The van der Waals surface area contributed by atoms with E-state index >= 15 is 0 Å². The Bertz CT molecular complexity index is 618. The van der Waals surface area contributed by atoms with Gasteiger partial charge in [-0.2, -0.15) is 0 Å². The van der Waals surface area contributed by atoms with Gasteiger partial charge in [-0.1, -0.05) is 11.6 Å². The van der Waals surface area contributed by atoms with Crippen LogP contribution in [-0.4, -0.2) is 55.3 Å². The molecule has 25 heavy (non-hydrogen) atoms. The van der Waals surface area contributed by atoms with Crippen LogP contribution in [0.5, 0.6) is 0 Å². The Morgan fingerprint density at radius 2 is 1.76 bits per heavy atom. The molecule has 6 nitrogen and oxygen atoms in total. The molecule has 2 saturated heterocycles. The van der Waals surface area contributed by atoms with Crippen LogP contribution in [0.15, 0.2) is 24.3 Å². The highest BCUT2D eigenvalue weighted by Crippen LogP contribution is 2.31. The Morgan fingerprint density at radius 3 is 2.32 bits per heavy atom. The maximum absolute atomic E-state index is 12.5. The number of hydrogen-bond acceptors (Lipinski definition) is 4. The second-order valence-corrected chi connectivity index (χ2v) is 6.82. The molecule has 0 radical (unpaired) electrons. The van der Waals surface area contributed by atoms with Crippen molar-refractivity contribution in [3.63, 3.8) is 0 Å². The molecule has 0 aromatic heterocycles. The lowest BCUT2D eigenvalue weighted by atomic mass is 10.0. The smallest absolute Gasteiger partial charge is 0.224 e. The molecule has 0 atom stereocenters. The minimum atomic E-state index is -0.481. The maximum atomic E-state index is 12.5. The summed E-state index contributed by atoms with van der Waals surface area (Å²) < 4.78 is 11.4. The number of piperidine rings is 1. The van der Waals surface area contributed by atoms with E-state index < -0.39 is 5.79 Å². The van der Waals surface area contributed by atoms with E-state index in [1.807, 2.05) is 4.90 Å². The molecule has 1 spiro atoms. The molecule has 136 valence electrons. The standard InChI is InChI=1S/C18H23ClN2O4/c1-14(22)21(16-4-2-15(19)3-5-16)9-6-17(23)20-10-7-18(8-11-20)24-12-13-25-18/h2-5H,6-13H2,1H3. The first-order valence-corrected chi connectivity index (χ1v) is 8.96. The molecule has 0 N–H and O–H groups in total. The SMILES string of the molecule is CC(=O)N(CCC(=O)N1CCC2(CC1)OCCO2)c1ccc(Cl)cc1. The number of carbonyl (C=O) groups excluding carboxylic acids is 2. The van der Waals surface area contributed by atoms with Gasteiger partial charge < -0.3 is 19.3 Å². The quantitative estimate of drug-likeness (QED) is 0.821. The summed E-state index contributed by atoms with van der Waals surface area (Å²) in [5.74, 6) is -0.528. The highest BCUT2D eigenvalue weighted by Gasteiger charge is 2.40. The number of rotatable bonds is 4. The van der Waals surface area contributed by atoms with Crippen LogP contribution < -0.4 is 4.90 Å². The van der Waals surface area contributed by atoms with E-state index in [1.165, 1.54) is 6.92 Å². The third kappa shape index (κ3) is 4.32. The molecular weight excluding hydrogens is 344 g/mol. The van der Waals surface area contributed by atoms with Gasteiger partial charge in [0, 0.05) is 56.5 Å². The van der Waals surface area contributed by atoms with Gasteiger partial charge in [-0.05, 0) is 24.3 Å². The van der Waals surface area contributed by atoms with Crippen molar-refractivity contribution in [2.75, 3.05) is 37.7 Å². The molecule has 3 rings (SSSR count). The summed E-state index contributed by atoms with van der Waals surface area (Å²) in [7, 11) is 0. The molecule has 0 unspecified atom stereocenters. The predicted octanol–water partition coefficient (Wildman–Crippen LogP) is 2.45. The zero-order chi connectivity index (χ0) is 17.9. The van der Waals surface area contributed by atoms with E-state index in [0.717, 1.165) is 5.69 Å². The van der Waals surface area contributed by atoms with Gasteiger partial charge >= 0.3 is 0 Å². The summed E-state index contributed by atoms with van der Waals surface area (Å²) in [6, 6.07) is 7.04. The summed E-state index contributed by atoms with van der Waals surface area (Å²) in [6.45, 7) is 4.36. The second kappa shape index (κ2) is 7.72. The highest BCUT2D eigenvalue weighted by atomic mass is 35.5. The zero-order valence-corrected chi connectivity index (χ0v) is 15.1. The lowest BCUT2D eigenvalue weighted by Crippen LogP contribution is -2.48. The molecule has 2 amide bonds. The van der Waals surface area contributed by atoms with E-state index in [1.54, 1.807) is 29.2 Å². The molecule has 1 aromatic carbocycles. The molecule has 2 aliphatic heterocycles. The number of hydrogen-bond donors (Lipinski definition) is 0. The predicted molar refractivity (Wildman–Crippen MR) is 94.5 cm³/mol. The highest BCUT2D eigenvalue weighted by molar-refractivity contribution is 6.30. The topological polar surface area (TPSA) is 59.1 Å². The van der Waals surface area contributed by atoms with Crippen molar-refractivity contribution in [2.24, 2.45) is 0 Å². The number of benzene rings is 1. The minimum Gasteiger partial charge on any atom is -0.347 e. The monoisotopic (exact) mass is 366 g/mol. The Hall–Kier alpha value is -1.63. The first-order valence-electron chi connectivity index (χ1n) is 8.58. The maximum Gasteiger partial charge on any atom is 0.224 e.